The minimum Gasteiger partial charge on any atom is -0.478 e. The summed E-state index contributed by atoms with van der Waals surface area (Å²) in [5.41, 5.74) is 1.55. The van der Waals surface area contributed by atoms with E-state index in [4.69, 9.17) is 5.11 Å². The molecule has 0 radical (unpaired) electrons. The van der Waals surface area contributed by atoms with Crippen LogP contribution >= 0.6 is 0 Å². The smallest absolute Gasteiger partial charge is 0.339 e. The number of nitrogens with zero attached hydrogens (tertiary/aromatic N) is 1. The zero-order valence-electron chi connectivity index (χ0n) is 6.51. The van der Waals surface area contributed by atoms with Crippen LogP contribution in [0.15, 0.2) is 0 Å². The van der Waals surface area contributed by atoms with E-state index in [0.717, 1.165) is 0 Å². The van der Waals surface area contributed by atoms with Crippen LogP contribution in [0.1, 0.15) is 28.7 Å². The van der Waals surface area contributed by atoms with Gasteiger partial charge < -0.3 is 5.11 Å². The molecule has 11 heavy (non-hydrogen) atoms. The van der Waals surface area contributed by atoms with Gasteiger partial charge in [0.05, 0.1) is 5.69 Å². The van der Waals surface area contributed by atoms with Crippen LogP contribution in [0.3, 0.4) is 0 Å². The number of aryl methyl sites for hydroxylation is 2. The van der Waals surface area contributed by atoms with Gasteiger partial charge in [0.2, 0.25) is 0 Å². The van der Waals surface area contributed by atoms with E-state index in [2.05, 4.69) is 10.2 Å². The maximum atomic E-state index is 10.6. The number of rotatable bonds is 2. The average Bonchev–Trinajstić information content (AvgIpc) is 2.30. The monoisotopic (exact) mass is 154 g/mol. The van der Waals surface area contributed by atoms with E-state index in [1.165, 1.54) is 0 Å². The molecule has 0 saturated carbocycles. The summed E-state index contributed by atoms with van der Waals surface area (Å²) in [6.07, 6.45) is 0.645. The van der Waals surface area contributed by atoms with Crippen molar-refractivity contribution in [3.05, 3.63) is 17.0 Å². The third-order valence-corrected chi connectivity index (χ3v) is 1.57. The second-order valence-corrected chi connectivity index (χ2v) is 2.33. The number of H-pyrrole nitrogens is 1. The molecule has 1 aromatic rings. The minimum atomic E-state index is -0.909. The van der Waals surface area contributed by atoms with Gasteiger partial charge in [-0.2, -0.15) is 5.10 Å². The molecule has 1 rings (SSSR count). The van der Waals surface area contributed by atoms with E-state index in [-0.39, 0.29) is 0 Å². The maximum absolute atomic E-state index is 10.6. The Kier molecular flexibility index (Phi) is 1.94. The Morgan fingerprint density at radius 1 is 1.73 bits per heavy atom. The van der Waals surface area contributed by atoms with Crippen LogP contribution in [-0.2, 0) is 6.42 Å². The number of nitrogens with one attached hydrogen (secondary N) is 1. The quantitative estimate of drug-likeness (QED) is 0.667. The topological polar surface area (TPSA) is 66.0 Å². The molecular formula is C7H10N2O2. The Bertz CT molecular complexity index is 278. The van der Waals surface area contributed by atoms with Gasteiger partial charge in [-0.3, -0.25) is 5.10 Å². The molecule has 0 aliphatic carbocycles. The van der Waals surface area contributed by atoms with Gasteiger partial charge in [0.15, 0.2) is 0 Å². The van der Waals surface area contributed by atoms with Crippen molar-refractivity contribution in [1.82, 2.24) is 10.2 Å². The molecule has 0 aromatic carbocycles. The molecule has 0 amide bonds. The number of hydrogen-bond acceptors (Lipinski definition) is 2. The van der Waals surface area contributed by atoms with Crippen LogP contribution < -0.4 is 0 Å². The maximum Gasteiger partial charge on any atom is 0.339 e. The summed E-state index contributed by atoms with van der Waals surface area (Å²) in [5.74, 6) is -0.909. The number of carboxylic acid groups (broad SMARTS) is 1. The van der Waals surface area contributed by atoms with Gasteiger partial charge in [0.1, 0.15) is 5.56 Å². The molecule has 0 bridgehead atoms. The van der Waals surface area contributed by atoms with Crippen LogP contribution in [0.5, 0.6) is 0 Å². The van der Waals surface area contributed by atoms with Crippen LogP contribution in [0.25, 0.3) is 0 Å². The number of aromatic carboxylic acids is 1. The van der Waals surface area contributed by atoms with Crippen molar-refractivity contribution in [2.24, 2.45) is 0 Å². The highest BCUT2D eigenvalue weighted by Gasteiger charge is 2.14. The first kappa shape index (κ1) is 7.78. The molecule has 0 fully saturated rings. The van der Waals surface area contributed by atoms with Gasteiger partial charge in [-0.25, -0.2) is 4.79 Å². The number of carbonyl (C=O) groups is 1. The lowest BCUT2D eigenvalue weighted by molar-refractivity contribution is 0.0695. The fourth-order valence-corrected chi connectivity index (χ4v) is 1.02. The Morgan fingerprint density at radius 2 is 2.36 bits per heavy atom. The fraction of sp³-hybridized carbons (Fsp3) is 0.429. The van der Waals surface area contributed by atoms with Crippen molar-refractivity contribution < 1.29 is 9.90 Å². The molecule has 0 saturated heterocycles. The Labute approximate surface area is 64.2 Å². The van der Waals surface area contributed by atoms with Crippen molar-refractivity contribution in [3.63, 3.8) is 0 Å². The molecular weight excluding hydrogens is 144 g/mol. The summed E-state index contributed by atoms with van der Waals surface area (Å²) >= 11 is 0. The minimum absolute atomic E-state index is 0.313. The second-order valence-electron chi connectivity index (χ2n) is 2.33. The Morgan fingerprint density at radius 3 is 2.73 bits per heavy atom. The van der Waals surface area contributed by atoms with E-state index >= 15 is 0 Å². The predicted molar refractivity (Wildman–Crippen MR) is 39.7 cm³/mol. The third kappa shape index (κ3) is 1.24. The molecule has 1 aromatic heterocycles. The predicted octanol–water partition coefficient (Wildman–Crippen LogP) is 0.979. The van der Waals surface area contributed by atoms with Gasteiger partial charge in [-0.05, 0) is 13.3 Å². The zero-order valence-corrected chi connectivity index (χ0v) is 6.51. The van der Waals surface area contributed by atoms with Gasteiger partial charge in [0.25, 0.3) is 0 Å². The van der Waals surface area contributed by atoms with Gasteiger partial charge in [0, 0.05) is 5.69 Å². The lowest BCUT2D eigenvalue weighted by atomic mass is 10.1. The number of aromatic nitrogens is 2. The van der Waals surface area contributed by atoms with Gasteiger partial charge in [-0.1, -0.05) is 6.92 Å². The van der Waals surface area contributed by atoms with E-state index in [0.29, 0.717) is 23.4 Å². The summed E-state index contributed by atoms with van der Waals surface area (Å²) in [6.45, 7) is 3.58. The molecule has 0 aliphatic heterocycles. The van der Waals surface area contributed by atoms with Crippen molar-refractivity contribution in [2.75, 3.05) is 0 Å². The normalized spacial score (nSPS) is 10.0. The van der Waals surface area contributed by atoms with Gasteiger partial charge in [-0.15, -0.1) is 0 Å². The standard InChI is InChI=1S/C7H10N2O2/c1-3-5-6(7(10)11)4(2)8-9-5/h3H2,1-2H3,(H,8,9)(H,10,11). The highest BCUT2D eigenvalue weighted by Crippen LogP contribution is 2.10. The zero-order chi connectivity index (χ0) is 8.43. The molecule has 4 nitrogen and oxygen atoms in total. The highest BCUT2D eigenvalue weighted by molar-refractivity contribution is 5.90. The summed E-state index contributed by atoms with van der Waals surface area (Å²) < 4.78 is 0. The molecule has 0 spiro atoms. The number of carboxylic acids is 1. The number of aromatic amines is 1. The SMILES string of the molecule is CCc1n[nH]c(C)c1C(=O)O. The molecule has 1 heterocycles. The third-order valence-electron chi connectivity index (χ3n) is 1.57. The van der Waals surface area contributed by atoms with Crippen molar-refractivity contribution in [1.29, 1.82) is 0 Å². The van der Waals surface area contributed by atoms with E-state index in [1.54, 1.807) is 6.92 Å². The summed E-state index contributed by atoms with van der Waals surface area (Å²) in [5, 5.41) is 15.2. The van der Waals surface area contributed by atoms with E-state index in [9.17, 15) is 4.79 Å². The van der Waals surface area contributed by atoms with E-state index < -0.39 is 5.97 Å². The van der Waals surface area contributed by atoms with Crippen LogP contribution in [-0.4, -0.2) is 21.3 Å². The molecule has 0 unspecified atom stereocenters. The first-order valence-electron chi connectivity index (χ1n) is 3.44. The summed E-state index contributed by atoms with van der Waals surface area (Å²) in [7, 11) is 0. The first-order chi connectivity index (χ1) is 5.16. The Hall–Kier alpha value is -1.32. The van der Waals surface area contributed by atoms with Gasteiger partial charge >= 0.3 is 5.97 Å². The average molecular weight is 154 g/mol. The number of hydrogen-bond donors (Lipinski definition) is 2. The molecule has 0 atom stereocenters. The summed E-state index contributed by atoms with van der Waals surface area (Å²) in [4.78, 5) is 10.6. The lowest BCUT2D eigenvalue weighted by Gasteiger charge is -1.92. The van der Waals surface area contributed by atoms with Crippen molar-refractivity contribution >= 4 is 5.97 Å². The second kappa shape index (κ2) is 2.74. The fourth-order valence-electron chi connectivity index (χ4n) is 1.02. The van der Waals surface area contributed by atoms with Crippen LogP contribution in [0.2, 0.25) is 0 Å². The molecule has 60 valence electrons. The first-order valence-corrected chi connectivity index (χ1v) is 3.44. The van der Waals surface area contributed by atoms with Crippen LogP contribution in [0, 0.1) is 6.92 Å². The molecule has 4 heteroatoms. The van der Waals surface area contributed by atoms with Crippen LogP contribution in [0.4, 0.5) is 0 Å². The lowest BCUT2D eigenvalue weighted by Crippen LogP contribution is -2.00. The Balaban J connectivity index is 3.17. The highest BCUT2D eigenvalue weighted by atomic mass is 16.4. The largest absolute Gasteiger partial charge is 0.478 e. The molecule has 0 aliphatic rings. The molecule has 2 N–H and O–H groups in total. The van der Waals surface area contributed by atoms with Crippen molar-refractivity contribution in [3.8, 4) is 0 Å². The van der Waals surface area contributed by atoms with Crippen molar-refractivity contribution in [2.45, 2.75) is 20.3 Å². The summed E-state index contributed by atoms with van der Waals surface area (Å²) in [6, 6.07) is 0. The van der Waals surface area contributed by atoms with E-state index in [1.807, 2.05) is 6.92 Å².